The Morgan fingerprint density at radius 3 is 2.38 bits per heavy atom. The summed E-state index contributed by atoms with van der Waals surface area (Å²) in [7, 11) is 0. The molecule has 0 amide bonds. The summed E-state index contributed by atoms with van der Waals surface area (Å²) in [6, 6.07) is 19.7. The minimum Gasteiger partial charge on any atom is -0.316 e. The monoisotopic (exact) mass is 299 g/mol. The molecule has 0 spiro atoms. The highest BCUT2D eigenvalue weighted by atomic mass is 32.2. The van der Waals surface area contributed by atoms with E-state index in [1.165, 1.54) is 22.4 Å². The molecule has 112 valence electrons. The highest BCUT2D eigenvalue weighted by molar-refractivity contribution is 7.99. The van der Waals surface area contributed by atoms with E-state index in [-0.39, 0.29) is 0 Å². The van der Waals surface area contributed by atoms with E-state index in [2.05, 4.69) is 73.8 Å². The second-order valence-corrected chi connectivity index (χ2v) is 6.53. The van der Waals surface area contributed by atoms with Crippen molar-refractivity contribution in [3.63, 3.8) is 0 Å². The first kappa shape index (κ1) is 16.1. The number of hydrogen-bond acceptors (Lipinski definition) is 2. The summed E-state index contributed by atoms with van der Waals surface area (Å²) in [5.41, 5.74) is 2.79. The van der Waals surface area contributed by atoms with Crippen LogP contribution in [0.15, 0.2) is 59.5 Å². The number of aryl methyl sites for hydroxylation is 1. The zero-order valence-corrected chi connectivity index (χ0v) is 13.8. The largest absolute Gasteiger partial charge is 0.316 e. The van der Waals surface area contributed by atoms with Crippen LogP contribution in [-0.4, -0.2) is 18.8 Å². The topological polar surface area (TPSA) is 12.0 Å². The van der Waals surface area contributed by atoms with Gasteiger partial charge in [-0.3, -0.25) is 0 Å². The lowest BCUT2D eigenvalue weighted by Crippen LogP contribution is -2.21. The van der Waals surface area contributed by atoms with Gasteiger partial charge >= 0.3 is 0 Å². The fraction of sp³-hybridized carbons (Fsp3) is 0.368. The Bertz CT molecular complexity index is 507. The molecule has 0 aromatic heterocycles. The number of likely N-dealkylation sites (N-methyl/N-ethyl adjacent to an activating group) is 1. The molecule has 0 aliphatic rings. The van der Waals surface area contributed by atoms with Crippen LogP contribution in [0.4, 0.5) is 0 Å². The van der Waals surface area contributed by atoms with Crippen LogP contribution in [-0.2, 0) is 0 Å². The first-order chi connectivity index (χ1) is 10.3. The van der Waals surface area contributed by atoms with E-state index >= 15 is 0 Å². The molecule has 0 radical (unpaired) electrons. The summed E-state index contributed by atoms with van der Waals surface area (Å²) in [5.74, 6) is 1.76. The van der Waals surface area contributed by atoms with E-state index in [1.807, 2.05) is 11.8 Å². The van der Waals surface area contributed by atoms with Gasteiger partial charge in [0.05, 0.1) is 0 Å². The highest BCUT2D eigenvalue weighted by Crippen LogP contribution is 2.25. The van der Waals surface area contributed by atoms with E-state index < -0.39 is 0 Å². The molecular weight excluding hydrogens is 274 g/mol. The van der Waals surface area contributed by atoms with Gasteiger partial charge in [0, 0.05) is 11.4 Å². The molecule has 1 unspecified atom stereocenters. The molecule has 1 atom stereocenters. The van der Waals surface area contributed by atoms with E-state index in [0.717, 1.165) is 18.8 Å². The quantitative estimate of drug-likeness (QED) is 0.698. The number of rotatable bonds is 8. The molecule has 0 saturated carbocycles. The second kappa shape index (κ2) is 8.91. The molecule has 0 fully saturated rings. The van der Waals surface area contributed by atoms with Crippen LogP contribution in [0.1, 0.15) is 30.4 Å². The third-order valence-corrected chi connectivity index (χ3v) is 4.71. The minimum atomic E-state index is 0.599. The van der Waals surface area contributed by atoms with Crippen LogP contribution in [0.5, 0.6) is 0 Å². The molecule has 2 aromatic rings. The van der Waals surface area contributed by atoms with Crippen molar-refractivity contribution in [2.45, 2.75) is 31.1 Å². The number of nitrogens with one attached hydrogen (secondary N) is 1. The molecule has 1 nitrogen and oxygen atoms in total. The van der Waals surface area contributed by atoms with Gasteiger partial charge in [-0.2, -0.15) is 0 Å². The smallest absolute Gasteiger partial charge is 0.00719 e. The molecule has 1 N–H and O–H groups in total. The number of thioether (sulfide) groups is 1. The van der Waals surface area contributed by atoms with Gasteiger partial charge in [-0.05, 0) is 49.3 Å². The Morgan fingerprint density at radius 1 is 1.00 bits per heavy atom. The second-order valence-electron chi connectivity index (χ2n) is 5.37. The molecule has 0 bridgehead atoms. The Hall–Kier alpha value is -1.25. The van der Waals surface area contributed by atoms with E-state index in [4.69, 9.17) is 0 Å². The maximum atomic E-state index is 3.50. The lowest BCUT2D eigenvalue weighted by Gasteiger charge is -2.18. The van der Waals surface area contributed by atoms with Gasteiger partial charge in [0.15, 0.2) is 0 Å². The van der Waals surface area contributed by atoms with Gasteiger partial charge in [0.2, 0.25) is 0 Å². The summed E-state index contributed by atoms with van der Waals surface area (Å²) in [5, 5.41) is 3.50. The van der Waals surface area contributed by atoms with Gasteiger partial charge < -0.3 is 5.32 Å². The summed E-state index contributed by atoms with van der Waals surface area (Å²) in [4.78, 5) is 1.36. The molecule has 0 aliphatic heterocycles. The zero-order chi connectivity index (χ0) is 14.9. The molecule has 2 rings (SSSR count). The van der Waals surface area contributed by atoms with Crippen molar-refractivity contribution in [2.75, 3.05) is 18.8 Å². The fourth-order valence-electron chi connectivity index (χ4n) is 2.38. The lowest BCUT2D eigenvalue weighted by molar-refractivity contribution is 0.587. The van der Waals surface area contributed by atoms with Gasteiger partial charge in [-0.25, -0.2) is 0 Å². The lowest BCUT2D eigenvalue weighted by atomic mass is 9.95. The Morgan fingerprint density at radius 2 is 1.71 bits per heavy atom. The first-order valence-electron chi connectivity index (χ1n) is 7.74. The van der Waals surface area contributed by atoms with Crippen molar-refractivity contribution in [2.24, 2.45) is 0 Å². The van der Waals surface area contributed by atoms with E-state index in [1.54, 1.807) is 0 Å². The predicted octanol–water partition coefficient (Wildman–Crippen LogP) is 4.87. The van der Waals surface area contributed by atoms with Crippen molar-refractivity contribution >= 4 is 11.8 Å². The van der Waals surface area contributed by atoms with E-state index in [0.29, 0.717) is 5.92 Å². The summed E-state index contributed by atoms with van der Waals surface area (Å²) in [6.45, 7) is 6.42. The van der Waals surface area contributed by atoms with Gasteiger partial charge in [0.25, 0.3) is 0 Å². The Kier molecular flexibility index (Phi) is 6.84. The molecule has 2 aromatic carbocycles. The average molecular weight is 299 g/mol. The minimum absolute atomic E-state index is 0.599. The Labute approximate surface area is 133 Å². The summed E-state index contributed by atoms with van der Waals surface area (Å²) < 4.78 is 0. The SMILES string of the molecule is CCNCC(CCSc1ccccc1)c1ccc(C)cc1. The van der Waals surface area contributed by atoms with Crippen LogP contribution < -0.4 is 5.32 Å². The molecule has 0 heterocycles. The van der Waals surface area contributed by atoms with Crippen LogP contribution in [0.2, 0.25) is 0 Å². The van der Waals surface area contributed by atoms with Crippen molar-refractivity contribution in [3.05, 3.63) is 65.7 Å². The first-order valence-corrected chi connectivity index (χ1v) is 8.73. The van der Waals surface area contributed by atoms with Crippen molar-refractivity contribution in [1.29, 1.82) is 0 Å². The van der Waals surface area contributed by atoms with Gasteiger partial charge in [0.1, 0.15) is 0 Å². The molecule has 0 aliphatic carbocycles. The normalized spacial score (nSPS) is 12.3. The third-order valence-electron chi connectivity index (χ3n) is 3.67. The number of hydrogen-bond donors (Lipinski definition) is 1. The molecule has 0 saturated heterocycles. The van der Waals surface area contributed by atoms with Crippen LogP contribution in [0, 0.1) is 6.92 Å². The van der Waals surface area contributed by atoms with E-state index in [9.17, 15) is 0 Å². The third kappa shape index (κ3) is 5.56. The van der Waals surface area contributed by atoms with Crippen LogP contribution >= 0.6 is 11.8 Å². The number of benzene rings is 2. The van der Waals surface area contributed by atoms with Crippen LogP contribution in [0.3, 0.4) is 0 Å². The molecule has 21 heavy (non-hydrogen) atoms. The molecule has 2 heteroatoms. The standard InChI is InChI=1S/C19H25NS/c1-3-20-15-18(17-11-9-16(2)10-12-17)13-14-21-19-7-5-4-6-8-19/h4-12,18,20H,3,13-15H2,1-2H3. The van der Waals surface area contributed by atoms with Crippen molar-refractivity contribution in [1.82, 2.24) is 5.32 Å². The summed E-state index contributed by atoms with van der Waals surface area (Å²) in [6.07, 6.45) is 1.20. The van der Waals surface area contributed by atoms with Gasteiger partial charge in [-0.15, -0.1) is 11.8 Å². The fourth-order valence-corrected chi connectivity index (χ4v) is 3.37. The Balaban J connectivity index is 1.91. The maximum Gasteiger partial charge on any atom is 0.00719 e. The average Bonchev–Trinajstić information content (AvgIpc) is 2.53. The predicted molar refractivity (Wildman–Crippen MR) is 94.2 cm³/mol. The summed E-state index contributed by atoms with van der Waals surface area (Å²) >= 11 is 1.95. The van der Waals surface area contributed by atoms with Crippen LogP contribution in [0.25, 0.3) is 0 Å². The van der Waals surface area contributed by atoms with Gasteiger partial charge in [-0.1, -0.05) is 55.0 Å². The van der Waals surface area contributed by atoms with Crippen molar-refractivity contribution in [3.8, 4) is 0 Å². The highest BCUT2D eigenvalue weighted by Gasteiger charge is 2.11. The zero-order valence-electron chi connectivity index (χ0n) is 13.0. The maximum absolute atomic E-state index is 3.50. The molecular formula is C19H25NS. The van der Waals surface area contributed by atoms with Crippen molar-refractivity contribution < 1.29 is 0 Å².